The number of nitrogens with zero attached hydrogens (tertiary/aromatic N) is 2. The van der Waals surface area contributed by atoms with Crippen LogP contribution in [0.15, 0.2) is 35.3 Å². The van der Waals surface area contributed by atoms with Gasteiger partial charge >= 0.3 is 0 Å². The molecule has 0 spiro atoms. The van der Waals surface area contributed by atoms with Gasteiger partial charge in [0.15, 0.2) is 5.96 Å². The van der Waals surface area contributed by atoms with Crippen LogP contribution in [0.4, 0.5) is 0 Å². The zero-order chi connectivity index (χ0) is 18.2. The van der Waals surface area contributed by atoms with Crippen LogP contribution < -0.4 is 10.6 Å². The molecule has 0 aromatic heterocycles. The summed E-state index contributed by atoms with van der Waals surface area (Å²) >= 11 is 0. The zero-order valence-corrected chi connectivity index (χ0v) is 19.0. The number of halogens is 1. The van der Waals surface area contributed by atoms with Crippen molar-refractivity contribution in [1.29, 1.82) is 0 Å². The molecule has 2 fully saturated rings. The average molecular weight is 486 g/mol. The van der Waals surface area contributed by atoms with E-state index in [9.17, 15) is 0 Å². The molecule has 0 amide bonds. The summed E-state index contributed by atoms with van der Waals surface area (Å²) in [7, 11) is 1.84. The lowest BCUT2D eigenvalue weighted by Crippen LogP contribution is -2.40. The first-order valence-corrected chi connectivity index (χ1v) is 10.1. The Morgan fingerprint density at radius 2 is 2.00 bits per heavy atom. The molecular formula is C21H35IN4O. The van der Waals surface area contributed by atoms with Crippen molar-refractivity contribution in [3.05, 3.63) is 35.9 Å². The summed E-state index contributed by atoms with van der Waals surface area (Å²) in [6.07, 6.45) is 5.25. The van der Waals surface area contributed by atoms with E-state index in [1.54, 1.807) is 0 Å². The minimum atomic E-state index is 0. The van der Waals surface area contributed by atoms with Gasteiger partial charge in [-0.2, -0.15) is 0 Å². The number of benzene rings is 1. The van der Waals surface area contributed by atoms with E-state index in [4.69, 9.17) is 4.74 Å². The molecule has 0 radical (unpaired) electrons. The smallest absolute Gasteiger partial charge is 0.190 e. The van der Waals surface area contributed by atoms with Gasteiger partial charge in [0.2, 0.25) is 0 Å². The lowest BCUT2D eigenvalue weighted by atomic mass is 10.1. The minimum absolute atomic E-state index is 0. The summed E-state index contributed by atoms with van der Waals surface area (Å²) < 4.78 is 5.92. The third-order valence-electron chi connectivity index (χ3n) is 5.41. The predicted octanol–water partition coefficient (Wildman–Crippen LogP) is 3.42. The lowest BCUT2D eigenvalue weighted by Gasteiger charge is -2.17. The van der Waals surface area contributed by atoms with Gasteiger partial charge in [0.1, 0.15) is 0 Å². The summed E-state index contributed by atoms with van der Waals surface area (Å²) in [6, 6.07) is 11.3. The molecule has 1 aromatic rings. The van der Waals surface area contributed by atoms with Gasteiger partial charge < -0.3 is 20.3 Å². The number of ether oxygens (including phenoxy) is 1. The van der Waals surface area contributed by atoms with E-state index in [0.29, 0.717) is 0 Å². The fraction of sp³-hybridized carbons (Fsp3) is 0.667. The largest absolute Gasteiger partial charge is 0.374 e. The zero-order valence-electron chi connectivity index (χ0n) is 16.7. The lowest BCUT2D eigenvalue weighted by molar-refractivity contribution is 0.0646. The number of likely N-dealkylation sites (tertiary alicyclic amines) is 1. The van der Waals surface area contributed by atoms with E-state index in [2.05, 4.69) is 51.7 Å². The van der Waals surface area contributed by atoms with Crippen LogP contribution >= 0.6 is 24.0 Å². The molecular weight excluding hydrogens is 451 g/mol. The van der Waals surface area contributed by atoms with Gasteiger partial charge in [-0.1, -0.05) is 30.3 Å². The van der Waals surface area contributed by atoms with Crippen LogP contribution in [-0.4, -0.2) is 56.7 Å². The summed E-state index contributed by atoms with van der Waals surface area (Å²) in [5, 5.41) is 6.89. The Hall–Kier alpha value is -0.860. The van der Waals surface area contributed by atoms with Gasteiger partial charge in [-0.15, -0.1) is 24.0 Å². The van der Waals surface area contributed by atoms with Gasteiger partial charge in [-0.3, -0.25) is 4.99 Å². The summed E-state index contributed by atoms with van der Waals surface area (Å²) in [5.41, 5.74) is 1.23. The second-order valence-corrected chi connectivity index (χ2v) is 7.54. The van der Waals surface area contributed by atoms with Crippen LogP contribution in [0.2, 0.25) is 0 Å². The molecule has 2 unspecified atom stereocenters. The standard InChI is InChI=1S/C21H34N4O.HI/c1-17(19-7-4-3-5-8-19)26-14-6-12-23-21(22-2)24-15-18-11-13-25(16-18)20-9-10-20;/h3-5,7-8,17-18,20H,6,9-16H2,1-2H3,(H2,22,23,24);1H. The molecule has 5 nitrogen and oxygen atoms in total. The van der Waals surface area contributed by atoms with Crippen LogP contribution in [0.1, 0.15) is 44.3 Å². The van der Waals surface area contributed by atoms with Crippen molar-refractivity contribution < 1.29 is 4.74 Å². The number of nitrogens with one attached hydrogen (secondary N) is 2. The Morgan fingerprint density at radius 3 is 2.70 bits per heavy atom. The number of rotatable bonds is 9. The SMILES string of the molecule is CN=C(NCCCOC(C)c1ccccc1)NCC1CCN(C2CC2)C1.I. The highest BCUT2D eigenvalue weighted by Gasteiger charge is 2.34. The molecule has 1 aliphatic heterocycles. The molecule has 1 aromatic carbocycles. The van der Waals surface area contributed by atoms with E-state index >= 15 is 0 Å². The normalized spacial score (nSPS) is 21.6. The minimum Gasteiger partial charge on any atom is -0.374 e. The monoisotopic (exact) mass is 486 g/mol. The maximum atomic E-state index is 5.92. The second kappa shape index (κ2) is 11.9. The molecule has 2 aliphatic rings. The van der Waals surface area contributed by atoms with Gasteiger partial charge in [0, 0.05) is 39.3 Å². The van der Waals surface area contributed by atoms with Crippen molar-refractivity contribution >= 4 is 29.9 Å². The Morgan fingerprint density at radius 1 is 1.22 bits per heavy atom. The van der Waals surface area contributed by atoms with E-state index in [-0.39, 0.29) is 30.1 Å². The third-order valence-corrected chi connectivity index (χ3v) is 5.41. The molecule has 3 rings (SSSR count). The van der Waals surface area contributed by atoms with Crippen LogP contribution in [0.3, 0.4) is 0 Å². The molecule has 0 bridgehead atoms. The van der Waals surface area contributed by atoms with Crippen LogP contribution in [0, 0.1) is 5.92 Å². The van der Waals surface area contributed by atoms with E-state index in [0.717, 1.165) is 44.0 Å². The summed E-state index contributed by atoms with van der Waals surface area (Å²) in [5.74, 6) is 1.66. The summed E-state index contributed by atoms with van der Waals surface area (Å²) in [4.78, 5) is 7.00. The molecule has 2 N–H and O–H groups in total. The van der Waals surface area contributed by atoms with Crippen molar-refractivity contribution in [3.63, 3.8) is 0 Å². The quantitative estimate of drug-likeness (QED) is 0.243. The Balaban J connectivity index is 0.00000261. The van der Waals surface area contributed by atoms with Crippen LogP contribution in [0.5, 0.6) is 0 Å². The Labute approximate surface area is 181 Å². The van der Waals surface area contributed by atoms with E-state index in [1.807, 2.05) is 13.1 Å². The molecule has 2 atom stereocenters. The molecule has 1 heterocycles. The van der Waals surface area contributed by atoms with Crippen LogP contribution in [0.25, 0.3) is 0 Å². The van der Waals surface area contributed by atoms with Crippen molar-refractivity contribution in [2.24, 2.45) is 10.9 Å². The number of hydrogen-bond acceptors (Lipinski definition) is 3. The van der Waals surface area contributed by atoms with Crippen molar-refractivity contribution in [3.8, 4) is 0 Å². The highest BCUT2D eigenvalue weighted by molar-refractivity contribution is 14.0. The van der Waals surface area contributed by atoms with Crippen molar-refractivity contribution in [1.82, 2.24) is 15.5 Å². The second-order valence-electron chi connectivity index (χ2n) is 7.54. The fourth-order valence-corrected chi connectivity index (χ4v) is 3.62. The molecule has 27 heavy (non-hydrogen) atoms. The van der Waals surface area contributed by atoms with Crippen molar-refractivity contribution in [2.45, 2.75) is 44.8 Å². The number of guanidine groups is 1. The Kier molecular flexibility index (Phi) is 9.86. The van der Waals surface area contributed by atoms with Gasteiger partial charge in [0.25, 0.3) is 0 Å². The summed E-state index contributed by atoms with van der Waals surface area (Å²) in [6.45, 7) is 7.28. The maximum Gasteiger partial charge on any atom is 0.190 e. The van der Waals surface area contributed by atoms with E-state index < -0.39 is 0 Å². The maximum absolute atomic E-state index is 5.92. The van der Waals surface area contributed by atoms with Gasteiger partial charge in [-0.05, 0) is 50.6 Å². The molecule has 1 saturated heterocycles. The van der Waals surface area contributed by atoms with Gasteiger partial charge in [-0.25, -0.2) is 0 Å². The predicted molar refractivity (Wildman–Crippen MR) is 123 cm³/mol. The average Bonchev–Trinajstić information content (AvgIpc) is 3.43. The number of hydrogen-bond donors (Lipinski definition) is 2. The molecule has 1 saturated carbocycles. The van der Waals surface area contributed by atoms with Crippen LogP contribution in [-0.2, 0) is 4.74 Å². The van der Waals surface area contributed by atoms with Gasteiger partial charge in [0.05, 0.1) is 6.10 Å². The number of aliphatic imine (C=N–C) groups is 1. The first kappa shape index (κ1) is 22.4. The first-order valence-electron chi connectivity index (χ1n) is 10.1. The highest BCUT2D eigenvalue weighted by Crippen LogP contribution is 2.31. The highest BCUT2D eigenvalue weighted by atomic mass is 127. The first-order chi connectivity index (χ1) is 12.8. The topological polar surface area (TPSA) is 48.9 Å². The molecule has 6 heteroatoms. The van der Waals surface area contributed by atoms with Crippen molar-refractivity contribution in [2.75, 3.05) is 39.8 Å². The van der Waals surface area contributed by atoms with E-state index in [1.165, 1.54) is 37.9 Å². The molecule has 1 aliphatic carbocycles. The third kappa shape index (κ3) is 7.58. The Bertz CT molecular complexity index is 565. The fourth-order valence-electron chi connectivity index (χ4n) is 3.62. The molecule has 152 valence electrons.